The van der Waals surface area contributed by atoms with E-state index in [4.69, 9.17) is 9.47 Å². The summed E-state index contributed by atoms with van der Waals surface area (Å²) in [5.74, 6) is -2.32. The fourth-order valence-corrected chi connectivity index (χ4v) is 1.95. The van der Waals surface area contributed by atoms with E-state index in [0.717, 1.165) is 19.3 Å². The first kappa shape index (κ1) is 9.83. The molecule has 0 radical (unpaired) electrons. The van der Waals surface area contributed by atoms with Crippen LogP contribution in [0.4, 0.5) is 8.78 Å². The molecule has 14 heavy (non-hydrogen) atoms. The molecule has 0 bridgehead atoms. The van der Waals surface area contributed by atoms with Crippen molar-refractivity contribution in [1.82, 2.24) is 0 Å². The molecule has 2 fully saturated rings. The fraction of sp³-hybridized carbons (Fsp3) is 0.889. The van der Waals surface area contributed by atoms with Crippen molar-refractivity contribution >= 4 is 5.97 Å². The van der Waals surface area contributed by atoms with Crippen molar-refractivity contribution in [2.45, 2.75) is 50.4 Å². The molecule has 0 amide bonds. The number of halogens is 2. The monoisotopic (exact) mass is 206 g/mol. The molecule has 2 rings (SSSR count). The van der Waals surface area contributed by atoms with E-state index in [1.807, 2.05) is 0 Å². The van der Waals surface area contributed by atoms with Crippen molar-refractivity contribution < 1.29 is 23.0 Å². The lowest BCUT2D eigenvalue weighted by molar-refractivity contribution is -0.321. The van der Waals surface area contributed by atoms with Crippen LogP contribution in [-0.4, -0.2) is 24.3 Å². The Morgan fingerprint density at radius 2 is 1.86 bits per heavy atom. The zero-order valence-corrected chi connectivity index (χ0v) is 7.67. The summed E-state index contributed by atoms with van der Waals surface area (Å²) in [7, 11) is 0. The Morgan fingerprint density at radius 3 is 2.43 bits per heavy atom. The summed E-state index contributed by atoms with van der Waals surface area (Å²) in [6.45, 7) is 0. The lowest BCUT2D eigenvalue weighted by Gasteiger charge is -2.41. The van der Waals surface area contributed by atoms with Gasteiger partial charge in [-0.3, -0.25) is 0 Å². The van der Waals surface area contributed by atoms with Gasteiger partial charge in [-0.1, -0.05) is 6.42 Å². The summed E-state index contributed by atoms with van der Waals surface area (Å²) in [6, 6.07) is 0. The van der Waals surface area contributed by atoms with E-state index in [-0.39, 0.29) is 0 Å². The average molecular weight is 206 g/mol. The van der Waals surface area contributed by atoms with Gasteiger partial charge < -0.3 is 9.47 Å². The molecular weight excluding hydrogens is 194 g/mol. The second-order valence-electron chi connectivity index (χ2n) is 3.76. The smallest absolute Gasteiger partial charge is 0.349 e. The van der Waals surface area contributed by atoms with Gasteiger partial charge in [-0.05, 0) is 12.8 Å². The molecule has 0 aromatic heterocycles. The van der Waals surface area contributed by atoms with Crippen molar-refractivity contribution in [3.63, 3.8) is 0 Å². The largest absolute Gasteiger partial charge is 0.431 e. The molecule has 0 aromatic rings. The maximum atomic E-state index is 13.0. The predicted molar refractivity (Wildman–Crippen MR) is 42.8 cm³/mol. The molecule has 5 heteroatoms. The second kappa shape index (κ2) is 3.46. The van der Waals surface area contributed by atoms with Gasteiger partial charge in [0.25, 0.3) is 6.17 Å². The van der Waals surface area contributed by atoms with Crippen LogP contribution in [0.25, 0.3) is 0 Å². The predicted octanol–water partition coefficient (Wildman–Crippen LogP) is 1.85. The summed E-state index contributed by atoms with van der Waals surface area (Å²) < 4.78 is 35.3. The minimum Gasteiger partial charge on any atom is -0.431 e. The van der Waals surface area contributed by atoms with E-state index in [1.165, 1.54) is 0 Å². The molecule has 2 atom stereocenters. The third-order valence-electron chi connectivity index (χ3n) is 2.68. The summed E-state index contributed by atoms with van der Waals surface area (Å²) in [6.07, 6.45) is -0.887. The molecule has 0 aromatic carbocycles. The van der Waals surface area contributed by atoms with E-state index >= 15 is 0 Å². The number of hydrogen-bond acceptors (Lipinski definition) is 3. The van der Waals surface area contributed by atoms with Gasteiger partial charge in [-0.25, -0.2) is 13.6 Å². The Hall–Kier alpha value is -0.710. The molecule has 2 aliphatic rings. The summed E-state index contributed by atoms with van der Waals surface area (Å²) >= 11 is 0. The van der Waals surface area contributed by atoms with Crippen LogP contribution in [0.3, 0.4) is 0 Å². The molecule has 2 unspecified atom stereocenters. The van der Waals surface area contributed by atoms with Crippen LogP contribution in [-0.2, 0) is 14.3 Å². The standard InChI is InChI=1S/C9H12F2O3/c10-6-7(11)13-9(14-8(6)12)4-2-1-3-5-9/h6-7H,1-5H2. The molecule has 1 heterocycles. The number of hydrogen-bond donors (Lipinski definition) is 0. The summed E-state index contributed by atoms with van der Waals surface area (Å²) in [5, 5.41) is 0. The van der Waals surface area contributed by atoms with Gasteiger partial charge in [0.1, 0.15) is 0 Å². The Labute approximate surface area is 80.4 Å². The molecule has 1 aliphatic carbocycles. The van der Waals surface area contributed by atoms with Crippen LogP contribution < -0.4 is 0 Å². The number of esters is 1. The molecule has 1 saturated heterocycles. The highest BCUT2D eigenvalue weighted by atomic mass is 19.2. The number of carbonyl (C=O) groups excluding carboxylic acids is 1. The highest BCUT2D eigenvalue weighted by molar-refractivity contribution is 5.76. The zero-order valence-electron chi connectivity index (χ0n) is 7.67. The van der Waals surface area contributed by atoms with Crippen LogP contribution in [0.5, 0.6) is 0 Å². The number of ether oxygens (including phenoxy) is 2. The van der Waals surface area contributed by atoms with Gasteiger partial charge in [0.05, 0.1) is 0 Å². The lowest BCUT2D eigenvalue weighted by atomic mass is 9.93. The summed E-state index contributed by atoms with van der Waals surface area (Å²) in [5.41, 5.74) is 0. The molecular formula is C9H12F2O3. The van der Waals surface area contributed by atoms with Gasteiger partial charge >= 0.3 is 5.97 Å². The molecule has 1 spiro atoms. The van der Waals surface area contributed by atoms with Crippen LogP contribution >= 0.6 is 0 Å². The van der Waals surface area contributed by atoms with Crippen LogP contribution in [0.2, 0.25) is 0 Å². The van der Waals surface area contributed by atoms with Gasteiger partial charge in [-0.2, -0.15) is 0 Å². The maximum absolute atomic E-state index is 13.0. The van der Waals surface area contributed by atoms with E-state index in [2.05, 4.69) is 0 Å². The van der Waals surface area contributed by atoms with E-state index < -0.39 is 24.3 Å². The summed E-state index contributed by atoms with van der Waals surface area (Å²) in [4.78, 5) is 11.0. The van der Waals surface area contributed by atoms with E-state index in [0.29, 0.717) is 12.8 Å². The lowest BCUT2D eigenvalue weighted by Crippen LogP contribution is -2.52. The molecule has 0 N–H and O–H groups in total. The normalized spacial score (nSPS) is 36.9. The number of alkyl halides is 2. The molecule has 80 valence electrons. The number of carbonyl (C=O) groups is 1. The quantitative estimate of drug-likeness (QED) is 0.567. The molecule has 1 saturated carbocycles. The van der Waals surface area contributed by atoms with Crippen molar-refractivity contribution in [2.75, 3.05) is 0 Å². The zero-order chi connectivity index (χ0) is 10.2. The highest BCUT2D eigenvalue weighted by Gasteiger charge is 2.49. The van der Waals surface area contributed by atoms with Crippen LogP contribution in [0, 0.1) is 0 Å². The third kappa shape index (κ3) is 1.61. The molecule has 3 nitrogen and oxygen atoms in total. The highest BCUT2D eigenvalue weighted by Crippen LogP contribution is 2.38. The Balaban J connectivity index is 2.10. The minimum absolute atomic E-state index is 0.464. The third-order valence-corrected chi connectivity index (χ3v) is 2.68. The Kier molecular flexibility index (Phi) is 2.43. The second-order valence-corrected chi connectivity index (χ2v) is 3.76. The van der Waals surface area contributed by atoms with Crippen molar-refractivity contribution in [2.24, 2.45) is 0 Å². The van der Waals surface area contributed by atoms with Gasteiger partial charge in [0, 0.05) is 12.8 Å². The Morgan fingerprint density at radius 1 is 1.21 bits per heavy atom. The Bertz CT molecular complexity index is 238. The van der Waals surface area contributed by atoms with Crippen LogP contribution in [0.1, 0.15) is 32.1 Å². The first-order valence-corrected chi connectivity index (χ1v) is 4.82. The minimum atomic E-state index is -2.29. The van der Waals surface area contributed by atoms with E-state index in [1.54, 1.807) is 0 Å². The van der Waals surface area contributed by atoms with Crippen molar-refractivity contribution in [3.8, 4) is 0 Å². The van der Waals surface area contributed by atoms with Gasteiger partial charge in [0.15, 0.2) is 0 Å². The van der Waals surface area contributed by atoms with Crippen LogP contribution in [0.15, 0.2) is 0 Å². The van der Waals surface area contributed by atoms with Crippen molar-refractivity contribution in [1.29, 1.82) is 0 Å². The van der Waals surface area contributed by atoms with Gasteiger partial charge in [0.2, 0.25) is 12.1 Å². The molecule has 1 aliphatic heterocycles. The topological polar surface area (TPSA) is 35.5 Å². The van der Waals surface area contributed by atoms with Gasteiger partial charge in [-0.15, -0.1) is 0 Å². The van der Waals surface area contributed by atoms with Crippen molar-refractivity contribution in [3.05, 3.63) is 0 Å². The SMILES string of the molecule is O=C1OC2(CCCCC2)OC(F)C1F. The first-order valence-electron chi connectivity index (χ1n) is 4.82. The number of rotatable bonds is 0. The van der Waals surface area contributed by atoms with E-state index in [9.17, 15) is 13.6 Å². The fourth-order valence-electron chi connectivity index (χ4n) is 1.95. The average Bonchev–Trinajstić information content (AvgIpc) is 2.15. The first-order chi connectivity index (χ1) is 6.63. The maximum Gasteiger partial charge on any atom is 0.349 e.